The molecule has 2 aliphatic rings. The van der Waals surface area contributed by atoms with Crippen LogP contribution < -0.4 is 0 Å². The number of aliphatic hydroxyl groups excluding tert-OH is 2. The summed E-state index contributed by atoms with van der Waals surface area (Å²) in [6, 6.07) is 0. The Morgan fingerprint density at radius 1 is 1.36 bits per heavy atom. The third-order valence-electron chi connectivity index (χ3n) is 7.13. The van der Waals surface area contributed by atoms with Gasteiger partial charge in [0, 0.05) is 18.8 Å². The van der Waals surface area contributed by atoms with Crippen molar-refractivity contribution < 1.29 is 20.1 Å². The van der Waals surface area contributed by atoms with Gasteiger partial charge in [0.1, 0.15) is 0 Å². The van der Waals surface area contributed by atoms with Gasteiger partial charge in [-0.15, -0.1) is 11.8 Å². The molecule has 28 heavy (non-hydrogen) atoms. The third kappa shape index (κ3) is 4.88. The van der Waals surface area contributed by atoms with Gasteiger partial charge in [0.25, 0.3) is 0 Å². The van der Waals surface area contributed by atoms with E-state index in [1.54, 1.807) is 6.92 Å². The molecular formula is C24H36O4. The Morgan fingerprint density at radius 3 is 2.71 bits per heavy atom. The SMILES string of the molecule is CC#CCC(C)[C@H](O)/C=C/[C@H]1[C@H](O)C[C@]2(C)C/C(=C\CCCC(=O)O)C[C@]12C. The van der Waals surface area contributed by atoms with Crippen LogP contribution in [0.3, 0.4) is 0 Å². The van der Waals surface area contributed by atoms with Gasteiger partial charge in [-0.3, -0.25) is 4.79 Å². The van der Waals surface area contributed by atoms with Crippen molar-refractivity contribution in [1.82, 2.24) is 0 Å². The first kappa shape index (κ1) is 22.7. The van der Waals surface area contributed by atoms with Crippen LogP contribution in [0.4, 0.5) is 0 Å². The van der Waals surface area contributed by atoms with Gasteiger partial charge in [-0.25, -0.2) is 0 Å². The molecule has 0 aromatic rings. The van der Waals surface area contributed by atoms with E-state index in [2.05, 4.69) is 31.8 Å². The number of carboxylic acids is 1. The van der Waals surface area contributed by atoms with E-state index < -0.39 is 18.2 Å². The number of hydrogen-bond donors (Lipinski definition) is 3. The molecule has 0 aromatic carbocycles. The summed E-state index contributed by atoms with van der Waals surface area (Å²) in [4.78, 5) is 10.7. The Bertz CT molecular complexity index is 682. The summed E-state index contributed by atoms with van der Waals surface area (Å²) < 4.78 is 0. The molecule has 0 bridgehead atoms. The zero-order valence-corrected chi connectivity index (χ0v) is 17.7. The highest BCUT2D eigenvalue weighted by atomic mass is 16.4. The number of aliphatic hydroxyl groups is 2. The first-order valence-electron chi connectivity index (χ1n) is 10.5. The van der Waals surface area contributed by atoms with Crippen LogP contribution in [-0.4, -0.2) is 33.5 Å². The number of fused-ring (bicyclic) bond motifs is 1. The summed E-state index contributed by atoms with van der Waals surface area (Å²) in [6.07, 6.45) is 10.1. The van der Waals surface area contributed by atoms with Gasteiger partial charge in [-0.05, 0) is 55.8 Å². The Hall–Kier alpha value is -1.57. The maximum Gasteiger partial charge on any atom is 0.303 e. The lowest BCUT2D eigenvalue weighted by molar-refractivity contribution is -0.137. The van der Waals surface area contributed by atoms with E-state index in [4.69, 9.17) is 5.11 Å². The number of aliphatic carboxylic acids is 1. The molecule has 2 rings (SSSR count). The van der Waals surface area contributed by atoms with E-state index in [0.29, 0.717) is 12.8 Å². The van der Waals surface area contributed by atoms with Crippen LogP contribution in [0.25, 0.3) is 0 Å². The number of rotatable bonds is 8. The van der Waals surface area contributed by atoms with Gasteiger partial charge >= 0.3 is 5.97 Å². The highest BCUT2D eigenvalue weighted by Crippen LogP contribution is 2.66. The topological polar surface area (TPSA) is 77.8 Å². The van der Waals surface area contributed by atoms with Gasteiger partial charge in [0.05, 0.1) is 12.2 Å². The number of carbonyl (C=O) groups is 1. The second kappa shape index (κ2) is 9.29. The van der Waals surface area contributed by atoms with Crippen molar-refractivity contribution >= 4 is 5.97 Å². The fourth-order valence-electron chi connectivity index (χ4n) is 5.14. The standard InChI is InChI=1S/C24H36O4/c1-5-6-9-17(2)20(25)13-12-19-21(26)16-23(3)14-18(15-24(19,23)4)10-7-8-11-22(27)28/h10,12-13,17,19-21,25-26H,7-9,11,14-16H2,1-4H3,(H,27,28)/b13-12+,18-10+/t17?,19-,20+,21+,23-,24+/m0/s1. The molecule has 0 radical (unpaired) electrons. The minimum Gasteiger partial charge on any atom is -0.481 e. The quantitative estimate of drug-likeness (QED) is 0.329. The van der Waals surface area contributed by atoms with Crippen molar-refractivity contribution in [3.05, 3.63) is 23.8 Å². The summed E-state index contributed by atoms with van der Waals surface area (Å²) >= 11 is 0. The lowest BCUT2D eigenvalue weighted by atomic mass is 9.67. The van der Waals surface area contributed by atoms with Crippen LogP contribution >= 0.6 is 0 Å². The van der Waals surface area contributed by atoms with Crippen molar-refractivity contribution in [2.45, 2.75) is 84.8 Å². The molecule has 0 saturated heterocycles. The van der Waals surface area contributed by atoms with Crippen molar-refractivity contribution in [2.24, 2.45) is 22.7 Å². The van der Waals surface area contributed by atoms with E-state index in [1.807, 2.05) is 19.1 Å². The molecule has 3 N–H and O–H groups in total. The number of allylic oxidation sites excluding steroid dienone is 2. The molecule has 0 aromatic heterocycles. The van der Waals surface area contributed by atoms with Gasteiger partial charge in [-0.1, -0.05) is 44.6 Å². The zero-order chi connectivity index (χ0) is 20.9. The molecule has 156 valence electrons. The molecule has 0 amide bonds. The minimum atomic E-state index is -0.744. The lowest BCUT2D eigenvalue weighted by Crippen LogP contribution is -2.32. The molecule has 2 saturated carbocycles. The van der Waals surface area contributed by atoms with E-state index in [9.17, 15) is 15.0 Å². The molecule has 0 aliphatic heterocycles. The van der Waals surface area contributed by atoms with Crippen LogP contribution in [0.2, 0.25) is 0 Å². The zero-order valence-electron chi connectivity index (χ0n) is 17.7. The van der Waals surface area contributed by atoms with E-state index in [-0.39, 0.29) is 29.1 Å². The lowest BCUT2D eigenvalue weighted by Gasteiger charge is -2.37. The first-order valence-corrected chi connectivity index (χ1v) is 10.5. The average Bonchev–Trinajstić information content (AvgIpc) is 2.96. The van der Waals surface area contributed by atoms with Crippen LogP contribution in [0, 0.1) is 34.5 Å². The van der Waals surface area contributed by atoms with E-state index in [1.165, 1.54) is 5.57 Å². The third-order valence-corrected chi connectivity index (χ3v) is 7.13. The monoisotopic (exact) mass is 388 g/mol. The van der Waals surface area contributed by atoms with Gasteiger partial charge < -0.3 is 15.3 Å². The Morgan fingerprint density at radius 2 is 2.07 bits per heavy atom. The molecule has 4 heteroatoms. The fraction of sp³-hybridized carbons (Fsp3) is 0.708. The van der Waals surface area contributed by atoms with Gasteiger partial charge in [-0.2, -0.15) is 0 Å². The van der Waals surface area contributed by atoms with Crippen LogP contribution in [-0.2, 0) is 4.79 Å². The average molecular weight is 389 g/mol. The number of unbranched alkanes of at least 4 members (excludes halogenated alkanes) is 1. The highest BCUT2D eigenvalue weighted by molar-refractivity contribution is 5.66. The predicted molar refractivity (Wildman–Crippen MR) is 112 cm³/mol. The number of hydrogen-bond acceptors (Lipinski definition) is 3. The summed E-state index contributed by atoms with van der Waals surface area (Å²) in [5, 5.41) is 30.0. The van der Waals surface area contributed by atoms with Gasteiger partial charge in [0.2, 0.25) is 0 Å². The van der Waals surface area contributed by atoms with Crippen LogP contribution in [0.1, 0.15) is 72.6 Å². The minimum absolute atomic E-state index is 0.0153. The molecule has 0 heterocycles. The largest absolute Gasteiger partial charge is 0.481 e. The summed E-state index contributed by atoms with van der Waals surface area (Å²) in [6.45, 7) is 8.31. The molecule has 0 spiro atoms. The second-order valence-corrected chi connectivity index (χ2v) is 9.26. The highest BCUT2D eigenvalue weighted by Gasteiger charge is 2.61. The fourth-order valence-corrected chi connectivity index (χ4v) is 5.14. The second-order valence-electron chi connectivity index (χ2n) is 9.26. The maximum atomic E-state index is 10.7. The normalized spacial score (nSPS) is 35.6. The van der Waals surface area contributed by atoms with Crippen molar-refractivity contribution in [3.63, 3.8) is 0 Å². The first-order chi connectivity index (χ1) is 13.1. The maximum absolute atomic E-state index is 10.7. The van der Waals surface area contributed by atoms with Crippen molar-refractivity contribution in [3.8, 4) is 11.8 Å². The van der Waals surface area contributed by atoms with E-state index >= 15 is 0 Å². The van der Waals surface area contributed by atoms with Gasteiger partial charge in [0.15, 0.2) is 0 Å². The van der Waals surface area contributed by atoms with Crippen molar-refractivity contribution in [2.75, 3.05) is 0 Å². The summed E-state index contributed by atoms with van der Waals surface area (Å²) in [5.74, 6) is 5.22. The van der Waals surface area contributed by atoms with E-state index in [0.717, 1.165) is 25.7 Å². The molecule has 4 nitrogen and oxygen atoms in total. The summed E-state index contributed by atoms with van der Waals surface area (Å²) in [5.41, 5.74) is 1.37. The number of carboxylic acid groups (broad SMARTS) is 1. The smallest absolute Gasteiger partial charge is 0.303 e. The molecule has 2 aliphatic carbocycles. The van der Waals surface area contributed by atoms with Crippen LogP contribution in [0.15, 0.2) is 23.8 Å². The van der Waals surface area contributed by atoms with Crippen LogP contribution in [0.5, 0.6) is 0 Å². The Kier molecular flexibility index (Phi) is 7.53. The molecule has 1 unspecified atom stereocenters. The molecular weight excluding hydrogens is 352 g/mol. The predicted octanol–water partition coefficient (Wildman–Crippen LogP) is 4.32. The molecule has 6 atom stereocenters. The molecule has 2 fully saturated rings. The summed E-state index contributed by atoms with van der Waals surface area (Å²) in [7, 11) is 0. The Labute approximate surface area is 169 Å². The van der Waals surface area contributed by atoms with Crippen molar-refractivity contribution in [1.29, 1.82) is 0 Å². The Balaban J connectivity index is 2.08.